The van der Waals surface area contributed by atoms with Gasteiger partial charge in [0.05, 0.1) is 12.8 Å². The van der Waals surface area contributed by atoms with Gasteiger partial charge in [0, 0.05) is 11.6 Å². The highest BCUT2D eigenvalue weighted by Crippen LogP contribution is 2.20. The van der Waals surface area contributed by atoms with Crippen LogP contribution in [0.2, 0.25) is 0 Å². The van der Waals surface area contributed by atoms with Crippen molar-refractivity contribution in [1.82, 2.24) is 5.32 Å². The lowest BCUT2D eigenvalue weighted by Crippen LogP contribution is -2.07. The quantitative estimate of drug-likeness (QED) is 0.889. The lowest BCUT2D eigenvalue weighted by molar-refractivity contribution is 0.285. The third kappa shape index (κ3) is 2.87. The fourth-order valence-electron chi connectivity index (χ4n) is 1.56. The summed E-state index contributed by atoms with van der Waals surface area (Å²) >= 11 is 0. The van der Waals surface area contributed by atoms with Crippen molar-refractivity contribution in [3.63, 3.8) is 0 Å². The van der Waals surface area contributed by atoms with E-state index >= 15 is 0 Å². The van der Waals surface area contributed by atoms with Crippen LogP contribution in [0.25, 0.3) is 0 Å². The average molecular weight is 253 g/mol. The standard InChI is InChI=1S/C13H13F2NO2/c1-16-7-13-9(4-5-17-13)8-18-12-3-2-10(14)6-11(12)15/h2-6,16H,7-8H2,1H3. The van der Waals surface area contributed by atoms with Gasteiger partial charge >= 0.3 is 0 Å². The lowest BCUT2D eigenvalue weighted by Gasteiger charge is -2.07. The minimum atomic E-state index is -0.714. The van der Waals surface area contributed by atoms with Crippen LogP contribution in [0, 0.1) is 11.6 Å². The van der Waals surface area contributed by atoms with Gasteiger partial charge in [0.25, 0.3) is 0 Å². The largest absolute Gasteiger partial charge is 0.486 e. The van der Waals surface area contributed by atoms with E-state index in [4.69, 9.17) is 9.15 Å². The average Bonchev–Trinajstić information content (AvgIpc) is 2.76. The molecular weight excluding hydrogens is 240 g/mol. The first-order valence-corrected chi connectivity index (χ1v) is 5.48. The first kappa shape index (κ1) is 12.6. The molecule has 3 nitrogen and oxygen atoms in total. The van der Waals surface area contributed by atoms with Crippen molar-refractivity contribution in [2.45, 2.75) is 13.2 Å². The molecule has 0 aliphatic carbocycles. The van der Waals surface area contributed by atoms with Crippen LogP contribution in [0.15, 0.2) is 34.9 Å². The summed E-state index contributed by atoms with van der Waals surface area (Å²) in [6.45, 7) is 0.744. The summed E-state index contributed by atoms with van der Waals surface area (Å²) in [5.41, 5.74) is 0.827. The molecule has 0 saturated carbocycles. The van der Waals surface area contributed by atoms with Crippen LogP contribution in [0.5, 0.6) is 5.75 Å². The van der Waals surface area contributed by atoms with Gasteiger partial charge in [0.15, 0.2) is 11.6 Å². The molecule has 18 heavy (non-hydrogen) atoms. The monoisotopic (exact) mass is 253 g/mol. The smallest absolute Gasteiger partial charge is 0.167 e. The van der Waals surface area contributed by atoms with Gasteiger partial charge < -0.3 is 14.5 Å². The van der Waals surface area contributed by atoms with Gasteiger partial charge in [-0.15, -0.1) is 0 Å². The van der Waals surface area contributed by atoms with E-state index < -0.39 is 11.6 Å². The molecule has 0 atom stereocenters. The molecule has 0 unspecified atom stereocenters. The molecular formula is C13H13F2NO2. The van der Waals surface area contributed by atoms with Crippen LogP contribution in [0.4, 0.5) is 8.78 Å². The Bertz CT molecular complexity index is 525. The maximum Gasteiger partial charge on any atom is 0.167 e. The van der Waals surface area contributed by atoms with Crippen LogP contribution in [0.1, 0.15) is 11.3 Å². The summed E-state index contributed by atoms with van der Waals surface area (Å²) in [6, 6.07) is 4.97. The number of benzene rings is 1. The number of hydrogen-bond donors (Lipinski definition) is 1. The predicted octanol–water partition coefficient (Wildman–Crippen LogP) is 2.86. The van der Waals surface area contributed by atoms with Crippen molar-refractivity contribution in [2.75, 3.05) is 7.05 Å². The molecule has 0 radical (unpaired) electrons. The molecule has 0 aliphatic rings. The van der Waals surface area contributed by atoms with E-state index in [0.717, 1.165) is 23.5 Å². The Morgan fingerprint density at radius 1 is 1.28 bits per heavy atom. The number of rotatable bonds is 5. The van der Waals surface area contributed by atoms with E-state index in [1.54, 1.807) is 19.4 Å². The summed E-state index contributed by atoms with van der Waals surface area (Å²) in [5, 5.41) is 2.95. The lowest BCUT2D eigenvalue weighted by atomic mass is 10.2. The molecule has 5 heteroatoms. The highest BCUT2D eigenvalue weighted by molar-refractivity contribution is 5.25. The van der Waals surface area contributed by atoms with Crippen molar-refractivity contribution >= 4 is 0 Å². The SMILES string of the molecule is CNCc1occc1COc1ccc(F)cc1F. The van der Waals surface area contributed by atoms with Gasteiger partial charge in [-0.1, -0.05) is 0 Å². The van der Waals surface area contributed by atoms with Gasteiger partial charge in [-0.3, -0.25) is 0 Å². The Morgan fingerprint density at radius 2 is 2.11 bits per heavy atom. The van der Waals surface area contributed by atoms with E-state index in [0.29, 0.717) is 6.54 Å². The van der Waals surface area contributed by atoms with Crippen LogP contribution < -0.4 is 10.1 Å². The maximum absolute atomic E-state index is 13.3. The molecule has 1 aromatic carbocycles. The molecule has 0 fully saturated rings. The molecule has 0 aliphatic heterocycles. The fourth-order valence-corrected chi connectivity index (χ4v) is 1.56. The maximum atomic E-state index is 13.3. The molecule has 2 rings (SSSR count). The van der Waals surface area contributed by atoms with Crippen LogP contribution in [-0.4, -0.2) is 7.05 Å². The van der Waals surface area contributed by atoms with Gasteiger partial charge in [-0.2, -0.15) is 0 Å². The zero-order valence-corrected chi connectivity index (χ0v) is 9.87. The van der Waals surface area contributed by atoms with Gasteiger partial charge in [-0.05, 0) is 25.2 Å². The molecule has 0 amide bonds. The minimum Gasteiger partial charge on any atom is -0.486 e. The van der Waals surface area contributed by atoms with Crippen molar-refractivity contribution in [1.29, 1.82) is 0 Å². The minimum absolute atomic E-state index is 0.0213. The third-order valence-corrected chi connectivity index (χ3v) is 2.45. The summed E-state index contributed by atoms with van der Waals surface area (Å²) in [6.07, 6.45) is 1.55. The molecule has 2 aromatic rings. The molecule has 0 saturated heterocycles. The third-order valence-electron chi connectivity index (χ3n) is 2.45. The first-order chi connectivity index (χ1) is 8.70. The molecule has 0 bridgehead atoms. The van der Waals surface area contributed by atoms with Gasteiger partial charge in [0.2, 0.25) is 0 Å². The number of hydrogen-bond acceptors (Lipinski definition) is 3. The Kier molecular flexibility index (Phi) is 3.94. The highest BCUT2D eigenvalue weighted by atomic mass is 19.1. The molecule has 1 heterocycles. The van der Waals surface area contributed by atoms with Crippen LogP contribution >= 0.6 is 0 Å². The summed E-state index contributed by atoms with van der Waals surface area (Å²) in [5.74, 6) is -0.583. The molecule has 1 aromatic heterocycles. The topological polar surface area (TPSA) is 34.4 Å². The van der Waals surface area contributed by atoms with Crippen molar-refractivity contribution < 1.29 is 17.9 Å². The second-order valence-corrected chi connectivity index (χ2v) is 3.76. The van der Waals surface area contributed by atoms with Crippen molar-refractivity contribution in [3.8, 4) is 5.75 Å². The number of ether oxygens (including phenoxy) is 1. The van der Waals surface area contributed by atoms with Crippen LogP contribution in [-0.2, 0) is 13.2 Å². The molecule has 96 valence electrons. The van der Waals surface area contributed by atoms with E-state index in [2.05, 4.69) is 5.32 Å². The zero-order chi connectivity index (χ0) is 13.0. The summed E-state index contributed by atoms with van der Waals surface area (Å²) in [4.78, 5) is 0. The zero-order valence-electron chi connectivity index (χ0n) is 9.87. The Hall–Kier alpha value is -1.88. The molecule has 1 N–H and O–H groups in total. The van der Waals surface area contributed by atoms with E-state index in [-0.39, 0.29) is 12.4 Å². The number of furan rings is 1. The fraction of sp³-hybridized carbons (Fsp3) is 0.231. The highest BCUT2D eigenvalue weighted by Gasteiger charge is 2.09. The van der Waals surface area contributed by atoms with E-state index in [9.17, 15) is 8.78 Å². The van der Waals surface area contributed by atoms with Crippen LogP contribution in [0.3, 0.4) is 0 Å². The normalized spacial score (nSPS) is 10.6. The number of halogens is 2. The molecule has 0 spiro atoms. The summed E-state index contributed by atoms with van der Waals surface area (Å²) in [7, 11) is 1.80. The Labute approximate surface area is 103 Å². The van der Waals surface area contributed by atoms with E-state index in [1.807, 2.05) is 0 Å². The predicted molar refractivity (Wildman–Crippen MR) is 62.2 cm³/mol. The van der Waals surface area contributed by atoms with Crippen molar-refractivity contribution in [2.24, 2.45) is 0 Å². The number of nitrogens with one attached hydrogen (secondary N) is 1. The second-order valence-electron chi connectivity index (χ2n) is 3.76. The second kappa shape index (κ2) is 5.64. The Morgan fingerprint density at radius 3 is 2.83 bits per heavy atom. The first-order valence-electron chi connectivity index (χ1n) is 5.48. The van der Waals surface area contributed by atoms with Gasteiger partial charge in [-0.25, -0.2) is 8.78 Å². The van der Waals surface area contributed by atoms with Gasteiger partial charge in [0.1, 0.15) is 18.2 Å². The van der Waals surface area contributed by atoms with Crippen molar-refractivity contribution in [3.05, 3.63) is 53.5 Å². The summed E-state index contributed by atoms with van der Waals surface area (Å²) < 4.78 is 36.6. The Balaban J connectivity index is 2.04. The van der Waals surface area contributed by atoms with E-state index in [1.165, 1.54) is 6.07 Å².